The molecule has 0 aliphatic carbocycles. The predicted molar refractivity (Wildman–Crippen MR) is 125 cm³/mol. The number of nitrogens with two attached hydrogens (primary N) is 1. The third-order valence-corrected chi connectivity index (χ3v) is 6.11. The fourth-order valence-electron chi connectivity index (χ4n) is 4.32. The van der Waals surface area contributed by atoms with Gasteiger partial charge in [0.05, 0.1) is 0 Å². The number of benzene rings is 1. The first-order valence-electron chi connectivity index (χ1n) is 11.4. The normalized spacial score (nSPS) is 17.0. The Morgan fingerprint density at radius 1 is 1.14 bits per heavy atom. The summed E-state index contributed by atoms with van der Waals surface area (Å²) in [4.78, 5) is 66.0. The number of hydrogen-bond donors (Lipinski definition) is 6. The van der Waals surface area contributed by atoms with Gasteiger partial charge in [-0.15, -0.1) is 0 Å². The number of rotatable bonds is 10. The van der Waals surface area contributed by atoms with Crippen LogP contribution in [0.4, 0.5) is 0 Å². The fourth-order valence-corrected chi connectivity index (χ4v) is 4.32. The first kappa shape index (κ1) is 25.7. The average molecular weight is 487 g/mol. The van der Waals surface area contributed by atoms with Gasteiger partial charge in [-0.05, 0) is 30.9 Å². The molecular weight excluding hydrogens is 456 g/mol. The van der Waals surface area contributed by atoms with Gasteiger partial charge in [0.15, 0.2) is 0 Å². The maximum absolute atomic E-state index is 13.1. The van der Waals surface area contributed by atoms with Crippen LogP contribution in [0, 0.1) is 0 Å². The van der Waals surface area contributed by atoms with E-state index in [0.29, 0.717) is 19.4 Å². The molecular formula is C23H30N6O6. The van der Waals surface area contributed by atoms with Crippen LogP contribution in [0.5, 0.6) is 0 Å². The Morgan fingerprint density at radius 3 is 2.57 bits per heavy atom. The highest BCUT2D eigenvalue weighted by Gasteiger charge is 2.35. The number of aromatic amines is 1. The predicted octanol–water partition coefficient (Wildman–Crippen LogP) is -0.538. The highest BCUT2D eigenvalue weighted by Crippen LogP contribution is 2.20. The second kappa shape index (κ2) is 11.5. The number of carbonyl (C=O) groups is 5. The van der Waals surface area contributed by atoms with Gasteiger partial charge >= 0.3 is 0 Å². The van der Waals surface area contributed by atoms with Gasteiger partial charge in [-0.2, -0.15) is 0 Å². The van der Waals surface area contributed by atoms with Crippen LogP contribution >= 0.6 is 0 Å². The lowest BCUT2D eigenvalue weighted by Crippen LogP contribution is -2.56. The van der Waals surface area contributed by atoms with Gasteiger partial charge in [0.1, 0.15) is 18.1 Å². The zero-order chi connectivity index (χ0) is 25.5. The Kier molecular flexibility index (Phi) is 8.42. The minimum atomic E-state index is -1.18. The van der Waals surface area contributed by atoms with Crippen molar-refractivity contribution in [3.8, 4) is 0 Å². The molecule has 3 rings (SSSR count). The van der Waals surface area contributed by atoms with E-state index in [4.69, 9.17) is 5.73 Å². The van der Waals surface area contributed by atoms with Crippen molar-refractivity contribution in [1.82, 2.24) is 26.0 Å². The monoisotopic (exact) mass is 486 g/mol. The summed E-state index contributed by atoms with van der Waals surface area (Å²) in [6.07, 6.45) is 2.58. The Bertz CT molecular complexity index is 1110. The maximum Gasteiger partial charge on any atom is 0.266 e. The summed E-state index contributed by atoms with van der Waals surface area (Å²) < 4.78 is 0. The van der Waals surface area contributed by atoms with E-state index in [1.165, 1.54) is 11.8 Å². The molecule has 35 heavy (non-hydrogen) atoms. The minimum Gasteiger partial charge on any atom is -0.370 e. The Hall–Kier alpha value is -3.93. The second-order valence-electron chi connectivity index (χ2n) is 8.54. The third kappa shape index (κ3) is 6.35. The summed E-state index contributed by atoms with van der Waals surface area (Å²) in [5, 5.41) is 15.2. The summed E-state index contributed by atoms with van der Waals surface area (Å²) in [6.45, 7) is 1.81. The van der Waals surface area contributed by atoms with Crippen molar-refractivity contribution in [2.45, 2.75) is 57.2 Å². The van der Waals surface area contributed by atoms with Gasteiger partial charge < -0.3 is 26.3 Å². The first-order valence-corrected chi connectivity index (χ1v) is 11.4. The van der Waals surface area contributed by atoms with Gasteiger partial charge in [0.25, 0.3) is 5.91 Å². The Balaban J connectivity index is 1.76. The van der Waals surface area contributed by atoms with Crippen molar-refractivity contribution in [2.75, 3.05) is 6.54 Å². The summed E-state index contributed by atoms with van der Waals surface area (Å²) in [7, 11) is 0. The molecule has 12 heteroatoms. The van der Waals surface area contributed by atoms with Gasteiger partial charge in [0.2, 0.25) is 23.6 Å². The van der Waals surface area contributed by atoms with E-state index in [1.807, 2.05) is 24.3 Å². The number of fused-ring (bicyclic) bond motifs is 1. The highest BCUT2D eigenvalue weighted by atomic mass is 16.5. The molecule has 1 aromatic heterocycles. The number of H-pyrrole nitrogens is 1. The summed E-state index contributed by atoms with van der Waals surface area (Å²) in [6, 6.07) is 4.34. The lowest BCUT2D eigenvalue weighted by Gasteiger charge is -2.26. The minimum absolute atomic E-state index is 0.0549. The number of hydroxylamine groups is 1. The van der Waals surface area contributed by atoms with Gasteiger partial charge in [0, 0.05) is 43.4 Å². The standard InChI is InChI=1S/C23H30N6O6/c1-13(30)29-10-4-7-19(29)23(34)26-17(8-9-20(24)31)21(32)27-18(22(33)28-35)11-14-12-25-16-6-3-2-5-15(14)16/h2-3,5-6,12,17-19,25,35H,4,7-11H2,1H3,(H2,24,31)(H,26,34)(H,27,32)(H,28,33)/t17-,18-,19-/m0/s1. The molecule has 5 amide bonds. The van der Waals surface area contributed by atoms with E-state index >= 15 is 0 Å². The molecule has 2 aromatic rings. The van der Waals surface area contributed by atoms with Crippen molar-refractivity contribution in [1.29, 1.82) is 0 Å². The molecule has 0 bridgehead atoms. The second-order valence-corrected chi connectivity index (χ2v) is 8.54. The number of hydrogen-bond acceptors (Lipinski definition) is 6. The van der Waals surface area contributed by atoms with E-state index in [9.17, 15) is 29.2 Å². The molecule has 12 nitrogen and oxygen atoms in total. The van der Waals surface area contributed by atoms with Crippen LogP contribution in [-0.2, 0) is 30.4 Å². The number of likely N-dealkylation sites (tertiary alicyclic amines) is 1. The van der Waals surface area contributed by atoms with Crippen molar-refractivity contribution < 1.29 is 29.2 Å². The molecule has 1 fully saturated rings. The number of amides is 5. The van der Waals surface area contributed by atoms with Gasteiger partial charge in [-0.3, -0.25) is 29.2 Å². The van der Waals surface area contributed by atoms with Crippen LogP contribution in [0.2, 0.25) is 0 Å². The molecule has 0 saturated carbocycles. The third-order valence-electron chi connectivity index (χ3n) is 6.11. The van der Waals surface area contributed by atoms with E-state index in [-0.39, 0.29) is 25.2 Å². The smallest absolute Gasteiger partial charge is 0.266 e. The molecule has 0 unspecified atom stereocenters. The molecule has 7 N–H and O–H groups in total. The number of primary amides is 1. The van der Waals surface area contributed by atoms with E-state index in [1.54, 1.807) is 11.7 Å². The molecule has 3 atom stereocenters. The molecule has 188 valence electrons. The van der Waals surface area contributed by atoms with E-state index in [2.05, 4.69) is 15.6 Å². The summed E-state index contributed by atoms with van der Waals surface area (Å²) in [5.41, 5.74) is 8.36. The lowest BCUT2D eigenvalue weighted by atomic mass is 10.0. The zero-order valence-electron chi connectivity index (χ0n) is 19.4. The molecule has 1 aliphatic rings. The number of para-hydroxylation sites is 1. The topological polar surface area (TPSA) is 187 Å². The fraction of sp³-hybridized carbons (Fsp3) is 0.435. The van der Waals surface area contributed by atoms with E-state index in [0.717, 1.165) is 16.5 Å². The number of nitrogens with zero attached hydrogens (tertiary/aromatic N) is 1. The molecule has 0 spiro atoms. The highest BCUT2D eigenvalue weighted by molar-refractivity contribution is 5.95. The van der Waals surface area contributed by atoms with E-state index < -0.39 is 41.8 Å². The van der Waals surface area contributed by atoms with Crippen LogP contribution in [0.1, 0.15) is 38.2 Å². The molecule has 1 saturated heterocycles. The lowest BCUT2D eigenvalue weighted by molar-refractivity contribution is -0.139. The van der Waals surface area contributed by atoms with Crippen LogP contribution in [0.15, 0.2) is 30.5 Å². The van der Waals surface area contributed by atoms with Crippen molar-refractivity contribution in [2.24, 2.45) is 5.73 Å². The Labute approximate surface area is 201 Å². The van der Waals surface area contributed by atoms with Gasteiger partial charge in [-0.25, -0.2) is 5.48 Å². The maximum atomic E-state index is 13.1. The molecule has 1 aromatic carbocycles. The van der Waals surface area contributed by atoms with Crippen LogP contribution in [0.25, 0.3) is 10.9 Å². The quantitative estimate of drug-likeness (QED) is 0.193. The summed E-state index contributed by atoms with van der Waals surface area (Å²) >= 11 is 0. The van der Waals surface area contributed by atoms with Crippen molar-refractivity contribution in [3.63, 3.8) is 0 Å². The van der Waals surface area contributed by atoms with Crippen LogP contribution in [0.3, 0.4) is 0 Å². The van der Waals surface area contributed by atoms with Crippen LogP contribution in [-0.4, -0.2) is 69.3 Å². The summed E-state index contributed by atoms with van der Waals surface area (Å²) in [5.74, 6) is -3.00. The Morgan fingerprint density at radius 2 is 1.89 bits per heavy atom. The molecule has 2 heterocycles. The van der Waals surface area contributed by atoms with Crippen molar-refractivity contribution >= 4 is 40.4 Å². The van der Waals surface area contributed by atoms with Crippen molar-refractivity contribution in [3.05, 3.63) is 36.0 Å². The van der Waals surface area contributed by atoms with Crippen LogP contribution < -0.4 is 21.8 Å². The zero-order valence-corrected chi connectivity index (χ0v) is 19.4. The number of carbonyl (C=O) groups excluding carboxylic acids is 5. The average Bonchev–Trinajstić information content (AvgIpc) is 3.48. The molecule has 0 radical (unpaired) electrons. The SMILES string of the molecule is CC(=O)N1CCC[C@H]1C(=O)N[C@@H](CCC(N)=O)C(=O)N[C@@H](Cc1c[nH]c2ccccc12)C(=O)NO. The van der Waals surface area contributed by atoms with Gasteiger partial charge in [-0.1, -0.05) is 18.2 Å². The number of nitrogens with one attached hydrogen (secondary N) is 4. The molecule has 1 aliphatic heterocycles. The first-order chi connectivity index (χ1) is 16.7. The largest absolute Gasteiger partial charge is 0.370 e. The number of aromatic nitrogens is 1.